The predicted molar refractivity (Wildman–Crippen MR) is 31.9 cm³/mol. The van der Waals surface area contributed by atoms with Crippen LogP contribution in [0.15, 0.2) is 0 Å². The van der Waals surface area contributed by atoms with Crippen LogP contribution < -0.4 is 11.1 Å². The van der Waals surface area contributed by atoms with Gasteiger partial charge >= 0.3 is 6.03 Å². The quantitative estimate of drug-likeness (QED) is 0.520. The average Bonchev–Trinajstić information content (AvgIpc) is 1.66. The average molecular weight is 115 g/mol. The number of rotatable bonds is 3. The van der Waals surface area contributed by atoms with Gasteiger partial charge in [0, 0.05) is 0 Å². The molecule has 0 bridgehead atoms. The van der Waals surface area contributed by atoms with Crippen LogP contribution in [0.5, 0.6) is 0 Å². The molecule has 8 heavy (non-hydrogen) atoms. The lowest BCUT2D eigenvalue weighted by molar-refractivity contribution is 0.250. The number of hydrogen-bond acceptors (Lipinski definition) is 1. The second kappa shape index (κ2) is 4.43. The fraction of sp³-hybridized carbons (Fsp3) is 0.600. The lowest BCUT2D eigenvalue weighted by Gasteiger charge is -1.95. The molecule has 47 valence electrons. The lowest BCUT2D eigenvalue weighted by Crippen LogP contribution is -2.26. The van der Waals surface area contributed by atoms with E-state index < -0.39 is 6.03 Å². The summed E-state index contributed by atoms with van der Waals surface area (Å²) in [6, 6.07) is -0.488. The first-order chi connectivity index (χ1) is 3.77. The molecule has 0 atom stereocenters. The summed E-state index contributed by atoms with van der Waals surface area (Å²) >= 11 is 0. The van der Waals surface area contributed by atoms with Gasteiger partial charge in [-0.15, -0.1) is 0 Å². The number of carbonyl (C=O) groups excluding carboxylic acids is 1. The zero-order valence-corrected chi connectivity index (χ0v) is 4.98. The van der Waals surface area contributed by atoms with Gasteiger partial charge in [-0.25, -0.2) is 4.79 Å². The van der Waals surface area contributed by atoms with Crippen molar-refractivity contribution in [2.45, 2.75) is 19.8 Å². The van der Waals surface area contributed by atoms with Crippen LogP contribution in [-0.2, 0) is 0 Å². The van der Waals surface area contributed by atoms with Crippen LogP contribution in [-0.4, -0.2) is 6.03 Å². The Morgan fingerprint density at radius 2 is 2.50 bits per heavy atom. The number of urea groups is 1. The third kappa shape index (κ3) is 5.27. The zero-order valence-electron chi connectivity index (χ0n) is 4.98. The summed E-state index contributed by atoms with van der Waals surface area (Å²) in [5.74, 6) is 0. The Labute approximate surface area is 49.3 Å². The summed E-state index contributed by atoms with van der Waals surface area (Å²) in [5.41, 5.74) is 4.75. The van der Waals surface area contributed by atoms with Crippen molar-refractivity contribution in [3.05, 3.63) is 6.54 Å². The molecule has 0 aliphatic rings. The number of primary amides is 1. The molecular weight excluding hydrogens is 104 g/mol. The van der Waals surface area contributed by atoms with Gasteiger partial charge in [-0.3, -0.25) is 0 Å². The molecule has 0 saturated carbocycles. The van der Waals surface area contributed by atoms with Gasteiger partial charge in [0.1, 0.15) is 0 Å². The van der Waals surface area contributed by atoms with E-state index in [9.17, 15) is 4.79 Å². The van der Waals surface area contributed by atoms with E-state index in [1.54, 1.807) is 6.54 Å². The monoisotopic (exact) mass is 115 g/mol. The van der Waals surface area contributed by atoms with E-state index in [0.717, 1.165) is 12.8 Å². The van der Waals surface area contributed by atoms with E-state index in [1.165, 1.54) is 0 Å². The Hall–Kier alpha value is -0.730. The van der Waals surface area contributed by atoms with Gasteiger partial charge in [0.05, 0.1) is 6.54 Å². The Morgan fingerprint density at radius 3 is 2.88 bits per heavy atom. The van der Waals surface area contributed by atoms with E-state index in [0.29, 0.717) is 0 Å². The van der Waals surface area contributed by atoms with Crippen molar-refractivity contribution in [3.63, 3.8) is 0 Å². The first kappa shape index (κ1) is 7.27. The van der Waals surface area contributed by atoms with Crippen LogP contribution in [0.1, 0.15) is 19.8 Å². The third-order valence-electron chi connectivity index (χ3n) is 0.677. The van der Waals surface area contributed by atoms with E-state index >= 15 is 0 Å². The SMILES string of the molecule is CCC[CH]NC(N)=O. The first-order valence-electron chi connectivity index (χ1n) is 2.65. The highest BCUT2D eigenvalue weighted by molar-refractivity contribution is 5.72. The van der Waals surface area contributed by atoms with Gasteiger partial charge in [0.15, 0.2) is 0 Å². The van der Waals surface area contributed by atoms with Gasteiger partial charge in [0.25, 0.3) is 0 Å². The second-order valence-electron chi connectivity index (χ2n) is 1.50. The smallest absolute Gasteiger partial charge is 0.312 e. The third-order valence-corrected chi connectivity index (χ3v) is 0.677. The highest BCUT2D eigenvalue weighted by atomic mass is 16.2. The number of nitrogens with one attached hydrogen (secondary N) is 1. The summed E-state index contributed by atoms with van der Waals surface area (Å²) in [5, 5.41) is 2.36. The molecule has 0 rings (SSSR count). The molecule has 0 aliphatic heterocycles. The van der Waals surface area contributed by atoms with Crippen molar-refractivity contribution in [2.24, 2.45) is 5.73 Å². The van der Waals surface area contributed by atoms with Crippen LogP contribution in [0.2, 0.25) is 0 Å². The Kier molecular flexibility index (Phi) is 4.03. The second-order valence-corrected chi connectivity index (χ2v) is 1.50. The maximum atomic E-state index is 9.95. The number of hydrogen-bond donors (Lipinski definition) is 2. The van der Waals surface area contributed by atoms with Gasteiger partial charge < -0.3 is 11.1 Å². The molecule has 3 nitrogen and oxygen atoms in total. The minimum Gasteiger partial charge on any atom is -0.352 e. The van der Waals surface area contributed by atoms with Crippen LogP contribution in [0.25, 0.3) is 0 Å². The maximum Gasteiger partial charge on any atom is 0.312 e. The molecule has 3 heteroatoms. The van der Waals surface area contributed by atoms with E-state index in [1.807, 2.05) is 6.92 Å². The van der Waals surface area contributed by atoms with Crippen molar-refractivity contribution in [1.29, 1.82) is 0 Å². The van der Waals surface area contributed by atoms with Crippen molar-refractivity contribution in [3.8, 4) is 0 Å². The Bertz CT molecular complexity index is 72.8. The maximum absolute atomic E-state index is 9.95. The van der Waals surface area contributed by atoms with Gasteiger partial charge in [-0.05, 0) is 6.42 Å². The van der Waals surface area contributed by atoms with Gasteiger partial charge in [0.2, 0.25) is 0 Å². The van der Waals surface area contributed by atoms with Crippen molar-refractivity contribution in [2.75, 3.05) is 0 Å². The molecule has 0 fully saturated rings. The predicted octanol–water partition coefficient (Wildman–Crippen LogP) is 0.617. The molecule has 0 unspecified atom stereocenters. The zero-order chi connectivity index (χ0) is 6.41. The highest BCUT2D eigenvalue weighted by Crippen LogP contribution is 1.85. The molecular formula is C5H11N2O. The largest absolute Gasteiger partial charge is 0.352 e. The van der Waals surface area contributed by atoms with Crippen LogP contribution in [0.3, 0.4) is 0 Å². The topological polar surface area (TPSA) is 55.1 Å². The summed E-state index contributed by atoms with van der Waals surface area (Å²) in [7, 11) is 0. The fourth-order valence-electron chi connectivity index (χ4n) is 0.317. The molecule has 0 aromatic carbocycles. The summed E-state index contributed by atoms with van der Waals surface area (Å²) in [6.07, 6.45) is 1.91. The summed E-state index contributed by atoms with van der Waals surface area (Å²) < 4.78 is 0. The molecule has 1 radical (unpaired) electrons. The molecule has 0 heterocycles. The fourth-order valence-corrected chi connectivity index (χ4v) is 0.317. The first-order valence-corrected chi connectivity index (χ1v) is 2.65. The highest BCUT2D eigenvalue weighted by Gasteiger charge is 1.87. The molecule has 0 aromatic rings. The normalized spacial score (nSPS) is 8.62. The van der Waals surface area contributed by atoms with Crippen molar-refractivity contribution < 1.29 is 4.79 Å². The van der Waals surface area contributed by atoms with E-state index in [-0.39, 0.29) is 0 Å². The molecule has 0 spiro atoms. The Balaban J connectivity index is 2.82. The molecule has 2 amide bonds. The van der Waals surface area contributed by atoms with Crippen LogP contribution >= 0.6 is 0 Å². The number of nitrogens with two attached hydrogens (primary N) is 1. The molecule has 0 saturated heterocycles. The molecule has 0 aliphatic carbocycles. The van der Waals surface area contributed by atoms with E-state index in [2.05, 4.69) is 5.32 Å². The van der Waals surface area contributed by atoms with Crippen molar-refractivity contribution in [1.82, 2.24) is 5.32 Å². The minimum atomic E-state index is -0.488. The minimum absolute atomic E-state index is 0.488. The van der Waals surface area contributed by atoms with E-state index in [4.69, 9.17) is 5.73 Å². The summed E-state index contributed by atoms with van der Waals surface area (Å²) in [4.78, 5) is 9.95. The Morgan fingerprint density at radius 1 is 1.88 bits per heavy atom. The lowest BCUT2D eigenvalue weighted by atomic mass is 10.3. The van der Waals surface area contributed by atoms with Crippen LogP contribution in [0, 0.1) is 6.54 Å². The standard InChI is InChI=1S/C5H11N2O/c1-2-3-4-7-5(6)8/h4H,2-3H2,1H3,(H3,6,7,8). The van der Waals surface area contributed by atoms with Crippen LogP contribution in [0.4, 0.5) is 4.79 Å². The number of unbranched alkanes of at least 4 members (excludes halogenated alkanes) is 1. The molecule has 0 aromatic heterocycles. The van der Waals surface area contributed by atoms with Crippen molar-refractivity contribution >= 4 is 6.03 Å². The van der Waals surface area contributed by atoms with Gasteiger partial charge in [-0.2, -0.15) is 0 Å². The van der Waals surface area contributed by atoms with Gasteiger partial charge in [-0.1, -0.05) is 13.3 Å². The molecule has 3 N–H and O–H groups in total. The number of amides is 2. The summed E-state index contributed by atoms with van der Waals surface area (Å²) in [6.45, 7) is 3.68. The number of carbonyl (C=O) groups is 1.